The summed E-state index contributed by atoms with van der Waals surface area (Å²) in [4.78, 5) is 13.6. The third-order valence-corrected chi connectivity index (χ3v) is 8.31. The molecule has 2 atom stereocenters. The summed E-state index contributed by atoms with van der Waals surface area (Å²) in [6.45, 7) is 8.85. The Balaban J connectivity index is 1.92. The first-order valence-electron chi connectivity index (χ1n) is 13.6. The van der Waals surface area contributed by atoms with Crippen LogP contribution in [0.3, 0.4) is 0 Å². The molecule has 0 aliphatic heterocycles. The average Bonchev–Trinajstić information content (AvgIpc) is 3.71. The Morgan fingerprint density at radius 2 is 1.65 bits per heavy atom. The maximum Gasteiger partial charge on any atom is 0.241 e. The lowest BCUT2D eigenvalue weighted by Crippen LogP contribution is -2.38. The number of benzene rings is 1. The molecule has 1 heterocycles. The summed E-state index contributed by atoms with van der Waals surface area (Å²) in [6, 6.07) is 2.90. The molecule has 0 amide bonds. The fourth-order valence-corrected chi connectivity index (χ4v) is 6.39. The third kappa shape index (κ3) is 6.43. The minimum Gasteiger partial charge on any atom is -0.349 e. The average molecular weight is 565 g/mol. The van der Waals surface area contributed by atoms with Crippen molar-refractivity contribution in [3.05, 3.63) is 35.2 Å². The lowest BCUT2D eigenvalue weighted by Gasteiger charge is -2.20. The number of aromatic nitrogens is 1. The lowest BCUT2D eigenvalue weighted by molar-refractivity contribution is 0.537. The van der Waals surface area contributed by atoms with Crippen LogP contribution in [0, 0.1) is 28.8 Å². The van der Waals surface area contributed by atoms with Gasteiger partial charge in [-0.25, -0.2) is 13.1 Å². The van der Waals surface area contributed by atoms with Gasteiger partial charge in [0.2, 0.25) is 21.9 Å². The molecular weight excluding hydrogens is 528 g/mol. The number of rotatable bonds is 9. The number of sulfonamides is 1. The van der Waals surface area contributed by atoms with Crippen LogP contribution in [-0.2, 0) is 10.0 Å². The molecule has 0 saturated heterocycles. The Morgan fingerprint density at radius 1 is 1.02 bits per heavy atom. The van der Waals surface area contributed by atoms with Gasteiger partial charge in [-0.05, 0) is 62.3 Å². The lowest BCUT2D eigenvalue weighted by atomic mass is 9.98. The van der Waals surface area contributed by atoms with Gasteiger partial charge >= 0.3 is 0 Å². The number of fused-ring (bicyclic) bond motifs is 3. The molecule has 0 spiro atoms. The second-order valence-electron chi connectivity index (χ2n) is 10.3. The smallest absolute Gasteiger partial charge is 0.241 e. The van der Waals surface area contributed by atoms with Crippen molar-refractivity contribution in [1.82, 2.24) is 31.0 Å². The molecule has 13 heteroatoms. The molecule has 1 saturated carbocycles. The zero-order chi connectivity index (χ0) is 28.9. The van der Waals surface area contributed by atoms with Crippen molar-refractivity contribution in [2.75, 3.05) is 19.6 Å². The number of guanidine groups is 2. The fraction of sp³-hybridized carbons (Fsp3) is 0.519. The monoisotopic (exact) mass is 564 g/mol. The van der Waals surface area contributed by atoms with Gasteiger partial charge in [0.15, 0.2) is 12.4 Å². The molecule has 2 aromatic rings. The van der Waals surface area contributed by atoms with Gasteiger partial charge < -0.3 is 10.6 Å². The molecule has 12 nitrogen and oxygen atoms in total. The van der Waals surface area contributed by atoms with Crippen LogP contribution >= 0.6 is 0 Å². The van der Waals surface area contributed by atoms with Crippen LogP contribution in [-0.4, -0.2) is 45.0 Å². The first-order chi connectivity index (χ1) is 19.2. The van der Waals surface area contributed by atoms with Crippen LogP contribution in [0.2, 0.25) is 0 Å². The highest BCUT2D eigenvalue weighted by Crippen LogP contribution is 2.46. The zero-order valence-electron chi connectivity index (χ0n) is 23.2. The third-order valence-electron chi connectivity index (χ3n) is 6.84. The largest absolute Gasteiger partial charge is 0.349 e. The Hall–Kier alpha value is -3.94. The van der Waals surface area contributed by atoms with Gasteiger partial charge in [-0.2, -0.15) is 10.5 Å². The summed E-state index contributed by atoms with van der Waals surface area (Å²) < 4.78 is 30.2. The highest BCUT2D eigenvalue weighted by atomic mass is 32.2. The molecule has 0 bridgehead atoms. The van der Waals surface area contributed by atoms with E-state index >= 15 is 0 Å². The van der Waals surface area contributed by atoms with E-state index in [4.69, 9.17) is 4.98 Å². The van der Waals surface area contributed by atoms with Crippen LogP contribution < -0.4 is 26.0 Å². The summed E-state index contributed by atoms with van der Waals surface area (Å²) in [5, 5.41) is 31.6. The molecule has 1 aromatic heterocycles. The van der Waals surface area contributed by atoms with Crippen molar-refractivity contribution < 1.29 is 8.42 Å². The maximum atomic E-state index is 13.7. The Morgan fingerprint density at radius 3 is 2.20 bits per heavy atom. The molecule has 2 unspecified atom stereocenters. The van der Waals surface area contributed by atoms with E-state index in [0.29, 0.717) is 54.7 Å². The molecular formula is C27H36N10O2S. The van der Waals surface area contributed by atoms with Crippen molar-refractivity contribution in [1.29, 1.82) is 10.5 Å². The van der Waals surface area contributed by atoms with E-state index in [2.05, 4.69) is 36.0 Å². The van der Waals surface area contributed by atoms with E-state index < -0.39 is 16.1 Å². The van der Waals surface area contributed by atoms with E-state index in [1.807, 2.05) is 46.1 Å². The predicted octanol–water partition coefficient (Wildman–Crippen LogP) is 2.60. The van der Waals surface area contributed by atoms with Gasteiger partial charge in [-0.1, -0.05) is 13.8 Å². The molecule has 5 N–H and O–H groups in total. The van der Waals surface area contributed by atoms with Crippen molar-refractivity contribution >= 4 is 32.7 Å². The fourth-order valence-electron chi connectivity index (χ4n) is 4.94. The first-order valence-corrected chi connectivity index (χ1v) is 15.1. The van der Waals surface area contributed by atoms with Gasteiger partial charge in [-0.3, -0.25) is 25.6 Å². The quantitative estimate of drug-likeness (QED) is 0.132. The minimum atomic E-state index is -3.86. The summed E-state index contributed by atoms with van der Waals surface area (Å²) in [6.07, 6.45) is 8.14. The van der Waals surface area contributed by atoms with Crippen LogP contribution in [0.1, 0.15) is 81.8 Å². The first kappa shape index (κ1) is 29.1. The van der Waals surface area contributed by atoms with Crippen molar-refractivity contribution in [3.8, 4) is 12.4 Å². The second kappa shape index (κ2) is 12.5. The number of nitrogens with zero attached hydrogens (tertiary/aromatic N) is 5. The van der Waals surface area contributed by atoms with E-state index in [9.17, 15) is 18.9 Å². The van der Waals surface area contributed by atoms with Gasteiger partial charge in [0, 0.05) is 48.2 Å². The predicted molar refractivity (Wildman–Crippen MR) is 154 cm³/mol. The van der Waals surface area contributed by atoms with Gasteiger partial charge in [0.1, 0.15) is 0 Å². The van der Waals surface area contributed by atoms with Crippen LogP contribution in [0.15, 0.2) is 33.2 Å². The molecule has 212 valence electrons. The zero-order valence-corrected chi connectivity index (χ0v) is 24.1. The Bertz CT molecular complexity index is 1500. The van der Waals surface area contributed by atoms with E-state index in [1.165, 1.54) is 0 Å². The summed E-state index contributed by atoms with van der Waals surface area (Å²) >= 11 is 0. The molecule has 1 fully saturated rings. The highest BCUT2D eigenvalue weighted by Gasteiger charge is 2.37. The minimum absolute atomic E-state index is 0.135. The number of aliphatic imine (C=N–C) groups is 2. The summed E-state index contributed by atoms with van der Waals surface area (Å²) in [5.41, 5.74) is 2.49. The Labute approximate surface area is 235 Å². The number of hydrogen-bond donors (Lipinski definition) is 5. The Kier molecular flexibility index (Phi) is 9.07. The van der Waals surface area contributed by atoms with Crippen LogP contribution in [0.25, 0.3) is 10.8 Å². The number of hydrogen-bond acceptors (Lipinski definition) is 7. The second-order valence-corrected chi connectivity index (χ2v) is 12.0. The number of pyridine rings is 1. The van der Waals surface area contributed by atoms with E-state index in [-0.39, 0.29) is 16.9 Å². The summed E-state index contributed by atoms with van der Waals surface area (Å²) in [7, 11) is -3.86. The van der Waals surface area contributed by atoms with Crippen molar-refractivity contribution in [2.24, 2.45) is 15.9 Å². The van der Waals surface area contributed by atoms with Crippen LogP contribution in [0.4, 0.5) is 0 Å². The van der Waals surface area contributed by atoms with E-state index in [1.54, 1.807) is 12.3 Å². The van der Waals surface area contributed by atoms with Crippen molar-refractivity contribution in [2.45, 2.75) is 69.9 Å². The molecule has 1 aromatic carbocycles. The molecule has 0 radical (unpaired) electrons. The molecule has 40 heavy (non-hydrogen) atoms. The highest BCUT2D eigenvalue weighted by molar-refractivity contribution is 7.89. The van der Waals surface area contributed by atoms with Gasteiger partial charge in [0.25, 0.3) is 0 Å². The number of nitrogens with one attached hydrogen (secondary N) is 5. The van der Waals surface area contributed by atoms with Crippen LogP contribution in [0.5, 0.6) is 0 Å². The molecule has 4 rings (SSSR count). The SMILES string of the molecule is CCN=C(NC#N)NC1CC(NC(=NCC)NC#N)c2c1cc(S(=O)(=O)NCC(C)C)c1cc(C3CC3)ncc21. The van der Waals surface area contributed by atoms with Gasteiger partial charge in [0.05, 0.1) is 17.0 Å². The molecule has 2 aliphatic rings. The summed E-state index contributed by atoms with van der Waals surface area (Å²) in [5.74, 6) is 1.10. The van der Waals surface area contributed by atoms with E-state index in [0.717, 1.165) is 29.7 Å². The maximum absolute atomic E-state index is 13.7. The topological polar surface area (TPSA) is 179 Å². The molecule has 2 aliphatic carbocycles. The standard InChI is InChI=1S/C27H36N10O2S/c1-5-30-26(33-14-28)36-22-11-23(37-27(31-6-2)34-15-29)25-19(22)10-24(40(38,39)35-12-16(3)4)18-9-21(17-7-8-17)32-13-20(18)25/h9-10,13,16-17,22-23,35H,5-8,11-12H2,1-4H3,(H2,30,33,36)(H2,31,34,37). The van der Waals surface area contributed by atoms with Crippen molar-refractivity contribution in [3.63, 3.8) is 0 Å². The normalized spacial score (nSPS) is 19.2. The van der Waals surface area contributed by atoms with Gasteiger partial charge in [-0.15, -0.1) is 0 Å². The number of nitriles is 2.